The molecule has 2 amide bonds. The highest BCUT2D eigenvalue weighted by atomic mass is 35.5. The van der Waals surface area contributed by atoms with Gasteiger partial charge in [0.15, 0.2) is 0 Å². The molecule has 4 aromatic rings. The van der Waals surface area contributed by atoms with E-state index in [0.717, 1.165) is 18.2 Å². The summed E-state index contributed by atoms with van der Waals surface area (Å²) in [5, 5.41) is 5.39. The van der Waals surface area contributed by atoms with Gasteiger partial charge in [-0.15, -0.1) is 0 Å². The van der Waals surface area contributed by atoms with Crippen molar-refractivity contribution in [3.8, 4) is 5.75 Å². The van der Waals surface area contributed by atoms with Crippen molar-refractivity contribution in [2.45, 2.75) is 18.1 Å². The zero-order valence-corrected chi connectivity index (χ0v) is 21.1. The van der Waals surface area contributed by atoms with Gasteiger partial charge in [-0.05, 0) is 65.7 Å². The zero-order chi connectivity index (χ0) is 28.2. The summed E-state index contributed by atoms with van der Waals surface area (Å²) in [6.07, 6.45) is -3.84. The molecule has 11 heteroatoms. The molecule has 1 heterocycles. The first-order valence-corrected chi connectivity index (χ1v) is 11.8. The Morgan fingerprint density at radius 3 is 2.33 bits per heavy atom. The molecule has 1 unspecified atom stereocenters. The van der Waals surface area contributed by atoms with Gasteiger partial charge in [0.1, 0.15) is 22.9 Å². The highest BCUT2D eigenvalue weighted by Gasteiger charge is 2.41. The van der Waals surface area contributed by atoms with Crippen LogP contribution in [0.15, 0.2) is 85.1 Å². The molecule has 4 rings (SSSR count). The maximum atomic E-state index is 14.7. The maximum absolute atomic E-state index is 14.7. The lowest BCUT2D eigenvalue weighted by molar-refractivity contribution is -0.137. The Kier molecular flexibility index (Phi) is 8.06. The minimum Gasteiger partial charge on any atom is -0.496 e. The van der Waals surface area contributed by atoms with Crippen molar-refractivity contribution < 1.29 is 31.5 Å². The minimum atomic E-state index is -4.88. The third-order valence-electron chi connectivity index (χ3n) is 5.94. The fourth-order valence-corrected chi connectivity index (χ4v) is 4.32. The number of anilines is 1. The molecule has 3 aromatic carbocycles. The van der Waals surface area contributed by atoms with E-state index in [2.05, 4.69) is 15.6 Å². The van der Waals surface area contributed by atoms with E-state index in [1.165, 1.54) is 43.6 Å². The SMILES string of the molecule is COc1ccccc1CC(NC(=O)Nc1cccc(F)c1)(c1cc(F)cc(C(F)(F)F)c1)c1ccc(Cl)cn1. The van der Waals surface area contributed by atoms with Crippen LogP contribution in [0, 0.1) is 11.6 Å². The monoisotopic (exact) mass is 561 g/mol. The third-order valence-corrected chi connectivity index (χ3v) is 6.16. The predicted octanol–water partition coefficient (Wildman–Crippen LogP) is 7.35. The molecule has 1 atom stereocenters. The number of urea groups is 1. The zero-order valence-electron chi connectivity index (χ0n) is 20.3. The largest absolute Gasteiger partial charge is 0.496 e. The van der Waals surface area contributed by atoms with E-state index in [4.69, 9.17) is 16.3 Å². The number of pyridine rings is 1. The van der Waals surface area contributed by atoms with Crippen molar-refractivity contribution in [2.75, 3.05) is 12.4 Å². The van der Waals surface area contributed by atoms with Crippen LogP contribution in [0.25, 0.3) is 0 Å². The Morgan fingerprint density at radius 2 is 1.67 bits per heavy atom. The van der Waals surface area contributed by atoms with Crippen molar-refractivity contribution >= 4 is 23.3 Å². The maximum Gasteiger partial charge on any atom is 0.416 e. The second-order valence-electron chi connectivity index (χ2n) is 8.57. The number of benzene rings is 3. The molecule has 0 fully saturated rings. The summed E-state index contributed by atoms with van der Waals surface area (Å²) in [5.41, 5.74) is -2.77. The van der Waals surface area contributed by atoms with Crippen LogP contribution in [0.5, 0.6) is 5.75 Å². The van der Waals surface area contributed by atoms with Gasteiger partial charge in [0.05, 0.1) is 23.4 Å². The van der Waals surface area contributed by atoms with Crippen molar-refractivity contribution in [3.05, 3.63) is 124 Å². The number of methoxy groups -OCH3 is 1. The lowest BCUT2D eigenvalue weighted by Crippen LogP contribution is -2.51. The molecule has 2 N–H and O–H groups in total. The number of nitrogens with one attached hydrogen (secondary N) is 2. The van der Waals surface area contributed by atoms with Gasteiger partial charge in [-0.1, -0.05) is 35.9 Å². The van der Waals surface area contributed by atoms with Gasteiger partial charge in [-0.25, -0.2) is 13.6 Å². The molecule has 0 aliphatic heterocycles. The Balaban J connectivity index is 1.95. The first-order chi connectivity index (χ1) is 18.5. The highest BCUT2D eigenvalue weighted by Crippen LogP contribution is 2.39. The molecule has 0 bridgehead atoms. The number of hydrogen-bond donors (Lipinski definition) is 2. The van der Waals surface area contributed by atoms with E-state index in [1.54, 1.807) is 24.3 Å². The van der Waals surface area contributed by atoms with Gasteiger partial charge < -0.3 is 15.4 Å². The van der Waals surface area contributed by atoms with E-state index >= 15 is 0 Å². The van der Waals surface area contributed by atoms with E-state index in [9.17, 15) is 26.7 Å². The van der Waals surface area contributed by atoms with Gasteiger partial charge in [-0.2, -0.15) is 13.2 Å². The molecule has 0 saturated heterocycles. The smallest absolute Gasteiger partial charge is 0.416 e. The minimum absolute atomic E-state index is 0.0610. The van der Waals surface area contributed by atoms with Crippen LogP contribution in [0.2, 0.25) is 5.02 Å². The average Bonchev–Trinajstić information content (AvgIpc) is 2.88. The van der Waals surface area contributed by atoms with Gasteiger partial charge in [0, 0.05) is 18.3 Å². The summed E-state index contributed by atoms with van der Waals surface area (Å²) >= 11 is 6.03. The van der Waals surface area contributed by atoms with E-state index in [0.29, 0.717) is 17.4 Å². The van der Waals surface area contributed by atoms with Crippen LogP contribution in [0.3, 0.4) is 0 Å². The fraction of sp³-hybridized carbons (Fsp3) is 0.143. The summed E-state index contributed by atoms with van der Waals surface area (Å²) in [5.74, 6) is -1.42. The number of aromatic nitrogens is 1. The van der Waals surface area contributed by atoms with Crippen LogP contribution >= 0.6 is 11.6 Å². The van der Waals surface area contributed by atoms with Gasteiger partial charge in [-0.3, -0.25) is 4.98 Å². The predicted molar refractivity (Wildman–Crippen MR) is 137 cm³/mol. The van der Waals surface area contributed by atoms with Crippen molar-refractivity contribution in [1.82, 2.24) is 10.3 Å². The molecule has 0 spiro atoms. The standard InChI is InChI=1S/C28H21ClF5N3O2/c1-39-24-8-3-2-5-17(24)15-27(25-10-9-20(29)16-35-25,18-11-19(28(32,33)34)13-22(31)12-18)37-26(38)36-23-7-4-6-21(30)14-23/h2-14,16H,15H2,1H3,(H2,36,37,38). The fourth-order valence-electron chi connectivity index (χ4n) is 4.21. The number of carbonyl (C=O) groups is 1. The summed E-state index contributed by atoms with van der Waals surface area (Å²) in [7, 11) is 1.41. The first-order valence-electron chi connectivity index (χ1n) is 11.5. The highest BCUT2D eigenvalue weighted by molar-refractivity contribution is 6.30. The van der Waals surface area contributed by atoms with Gasteiger partial charge in [0.25, 0.3) is 0 Å². The topological polar surface area (TPSA) is 63.2 Å². The van der Waals surface area contributed by atoms with Crippen LogP contribution in [-0.2, 0) is 18.1 Å². The van der Waals surface area contributed by atoms with E-state index < -0.39 is 34.9 Å². The third kappa shape index (κ3) is 6.46. The number of para-hydroxylation sites is 1. The van der Waals surface area contributed by atoms with Crippen molar-refractivity contribution in [2.24, 2.45) is 0 Å². The Bertz CT molecular complexity index is 1480. The lowest BCUT2D eigenvalue weighted by atomic mass is 9.79. The number of halogens is 6. The lowest BCUT2D eigenvalue weighted by Gasteiger charge is -2.36. The quantitative estimate of drug-likeness (QED) is 0.232. The number of alkyl halides is 3. The van der Waals surface area contributed by atoms with Crippen LogP contribution in [0.1, 0.15) is 22.4 Å². The molecular weight excluding hydrogens is 541 g/mol. The summed E-state index contributed by atoms with van der Waals surface area (Å²) in [4.78, 5) is 17.6. The Labute approximate surface area is 225 Å². The number of ether oxygens (including phenoxy) is 1. The number of hydrogen-bond acceptors (Lipinski definition) is 3. The molecule has 0 saturated carbocycles. The second-order valence-corrected chi connectivity index (χ2v) is 9.01. The molecule has 0 aliphatic rings. The number of rotatable bonds is 7. The van der Waals surface area contributed by atoms with Crippen molar-refractivity contribution in [1.29, 1.82) is 0 Å². The first kappa shape index (κ1) is 27.8. The van der Waals surface area contributed by atoms with Gasteiger partial charge in [0.2, 0.25) is 0 Å². The van der Waals surface area contributed by atoms with Gasteiger partial charge >= 0.3 is 12.2 Å². The number of nitrogens with zero attached hydrogens (tertiary/aromatic N) is 1. The second kappa shape index (κ2) is 11.3. The molecule has 39 heavy (non-hydrogen) atoms. The number of amides is 2. The summed E-state index contributed by atoms with van der Waals surface area (Å²) in [6, 6.07) is 15.6. The van der Waals surface area contributed by atoms with E-state index in [1.807, 2.05) is 0 Å². The molecule has 0 aliphatic carbocycles. The summed E-state index contributed by atoms with van der Waals surface area (Å²) in [6.45, 7) is 0. The molecule has 202 valence electrons. The van der Waals surface area contributed by atoms with Crippen LogP contribution < -0.4 is 15.4 Å². The Hall–Kier alpha value is -4.18. The average molecular weight is 562 g/mol. The molecular formula is C28H21ClF5N3O2. The normalized spacial score (nSPS) is 12.9. The van der Waals surface area contributed by atoms with Crippen molar-refractivity contribution in [3.63, 3.8) is 0 Å². The molecule has 1 aromatic heterocycles. The number of carbonyl (C=O) groups excluding carboxylic acids is 1. The summed E-state index contributed by atoms with van der Waals surface area (Å²) < 4.78 is 75.2. The van der Waals surface area contributed by atoms with E-state index in [-0.39, 0.29) is 28.4 Å². The molecule has 5 nitrogen and oxygen atoms in total. The van der Waals surface area contributed by atoms with Crippen LogP contribution in [0.4, 0.5) is 32.4 Å². The Morgan fingerprint density at radius 1 is 0.923 bits per heavy atom. The van der Waals surface area contributed by atoms with Crippen LogP contribution in [-0.4, -0.2) is 18.1 Å². The molecule has 0 radical (unpaired) electrons.